The number of fused-ring (bicyclic) bond motifs is 2. The second kappa shape index (κ2) is 7.56. The molecule has 162 valence electrons. The third-order valence-corrected chi connectivity index (χ3v) is 7.06. The summed E-state index contributed by atoms with van der Waals surface area (Å²) in [5, 5.41) is 14.4. The van der Waals surface area contributed by atoms with Crippen molar-refractivity contribution in [3.05, 3.63) is 69.3 Å². The predicted octanol–water partition coefficient (Wildman–Crippen LogP) is 4.73. The van der Waals surface area contributed by atoms with Gasteiger partial charge >= 0.3 is 5.69 Å². The van der Waals surface area contributed by atoms with Crippen molar-refractivity contribution in [2.24, 2.45) is 14.1 Å². The van der Waals surface area contributed by atoms with Crippen molar-refractivity contribution in [3.8, 4) is 10.4 Å². The van der Waals surface area contributed by atoms with E-state index in [0.29, 0.717) is 5.82 Å². The molecule has 0 saturated heterocycles. The summed E-state index contributed by atoms with van der Waals surface area (Å²) in [7, 11) is 3.59. The zero-order chi connectivity index (χ0) is 22.6. The standard InChI is InChI=1S/C24H24N6OS/c1-13-16(7-6-8-17(13)22-11-25-12-32-22)14(2)26-23-19-10-21-20(29(4)24(31)30(21)5)9-18(19)15(3)27-28-23/h6-12,14H,1-5H3,(H,26,28)/t14-/m1/s1. The van der Waals surface area contributed by atoms with E-state index in [2.05, 4.69) is 52.5 Å². The first-order valence-corrected chi connectivity index (χ1v) is 11.3. The first-order chi connectivity index (χ1) is 15.4. The number of imidazole rings is 1. The summed E-state index contributed by atoms with van der Waals surface area (Å²) in [6.07, 6.45) is 1.91. The van der Waals surface area contributed by atoms with Crippen LogP contribution in [0.15, 0.2) is 46.8 Å². The van der Waals surface area contributed by atoms with Gasteiger partial charge in [0.15, 0.2) is 5.82 Å². The molecule has 0 amide bonds. The largest absolute Gasteiger partial charge is 0.362 e. The van der Waals surface area contributed by atoms with Crippen molar-refractivity contribution in [3.63, 3.8) is 0 Å². The fourth-order valence-electron chi connectivity index (χ4n) is 4.40. The second-order valence-electron chi connectivity index (χ2n) is 8.17. The number of hydrogen-bond acceptors (Lipinski definition) is 6. The highest BCUT2D eigenvalue weighted by atomic mass is 32.1. The normalized spacial score (nSPS) is 12.5. The molecule has 32 heavy (non-hydrogen) atoms. The molecule has 5 aromatic rings. The lowest BCUT2D eigenvalue weighted by atomic mass is 9.97. The van der Waals surface area contributed by atoms with E-state index in [9.17, 15) is 4.79 Å². The molecule has 0 aliphatic heterocycles. The molecule has 0 bridgehead atoms. The summed E-state index contributed by atoms with van der Waals surface area (Å²) in [6.45, 7) is 6.21. The molecule has 7 nitrogen and oxygen atoms in total. The van der Waals surface area contributed by atoms with Gasteiger partial charge in [0.05, 0.1) is 33.2 Å². The van der Waals surface area contributed by atoms with Gasteiger partial charge in [0, 0.05) is 31.1 Å². The molecule has 0 unspecified atom stereocenters. The second-order valence-corrected chi connectivity index (χ2v) is 9.06. The average Bonchev–Trinajstić information content (AvgIpc) is 3.39. The van der Waals surface area contributed by atoms with Crippen LogP contribution < -0.4 is 11.0 Å². The maximum atomic E-state index is 12.4. The monoisotopic (exact) mass is 444 g/mol. The number of benzene rings is 2. The van der Waals surface area contributed by atoms with E-state index in [4.69, 9.17) is 0 Å². The van der Waals surface area contributed by atoms with E-state index in [1.165, 1.54) is 16.7 Å². The Balaban J connectivity index is 1.61. The number of rotatable bonds is 4. The number of aryl methyl sites for hydroxylation is 3. The van der Waals surface area contributed by atoms with E-state index in [0.717, 1.165) is 32.4 Å². The zero-order valence-corrected chi connectivity index (χ0v) is 19.5. The van der Waals surface area contributed by atoms with Crippen molar-refractivity contribution >= 4 is 39.0 Å². The molecule has 0 aliphatic carbocycles. The van der Waals surface area contributed by atoms with Crippen molar-refractivity contribution < 1.29 is 0 Å². The molecule has 8 heteroatoms. The Kier molecular flexibility index (Phi) is 4.82. The lowest BCUT2D eigenvalue weighted by Gasteiger charge is -2.20. The van der Waals surface area contributed by atoms with Crippen LogP contribution in [-0.2, 0) is 14.1 Å². The Morgan fingerprint density at radius 2 is 1.75 bits per heavy atom. The van der Waals surface area contributed by atoms with Crippen LogP contribution in [0.25, 0.3) is 32.2 Å². The molecule has 0 aliphatic rings. The first-order valence-electron chi connectivity index (χ1n) is 10.4. The van der Waals surface area contributed by atoms with Gasteiger partial charge in [-0.05, 0) is 49.6 Å². The maximum Gasteiger partial charge on any atom is 0.328 e. The van der Waals surface area contributed by atoms with Crippen molar-refractivity contribution in [2.75, 3.05) is 5.32 Å². The SMILES string of the molecule is Cc1c(-c2cncs2)cccc1[C@@H](C)Nc1nnc(C)c2cc3c(cc12)n(C)c(=O)n3C. The zero-order valence-electron chi connectivity index (χ0n) is 18.7. The molecule has 3 heterocycles. The first kappa shape index (κ1) is 20.4. The summed E-state index contributed by atoms with van der Waals surface area (Å²) >= 11 is 1.64. The van der Waals surface area contributed by atoms with Crippen LogP contribution in [-0.4, -0.2) is 24.3 Å². The molecule has 0 spiro atoms. The Hall–Kier alpha value is -3.52. The van der Waals surface area contributed by atoms with Gasteiger partial charge in [-0.15, -0.1) is 16.4 Å². The molecule has 0 fully saturated rings. The lowest BCUT2D eigenvalue weighted by molar-refractivity contribution is 0.795. The third kappa shape index (κ3) is 3.10. The molecule has 0 radical (unpaired) electrons. The van der Waals surface area contributed by atoms with Crippen LogP contribution in [0.5, 0.6) is 0 Å². The Labute approximate surface area is 189 Å². The van der Waals surface area contributed by atoms with Gasteiger partial charge in [-0.25, -0.2) is 4.79 Å². The summed E-state index contributed by atoms with van der Waals surface area (Å²) in [4.78, 5) is 17.8. The van der Waals surface area contributed by atoms with Crippen LogP contribution in [0.3, 0.4) is 0 Å². The quantitative estimate of drug-likeness (QED) is 0.433. The van der Waals surface area contributed by atoms with Crippen LogP contribution in [0.4, 0.5) is 5.82 Å². The molecule has 0 saturated carbocycles. The topological polar surface area (TPSA) is 77.6 Å². The Bertz CT molecular complexity index is 1530. The number of nitrogens with one attached hydrogen (secondary N) is 1. The van der Waals surface area contributed by atoms with E-state index in [1.54, 1.807) is 34.6 Å². The van der Waals surface area contributed by atoms with Crippen LogP contribution in [0, 0.1) is 13.8 Å². The summed E-state index contributed by atoms with van der Waals surface area (Å²) in [6, 6.07) is 10.4. The number of nitrogens with zero attached hydrogens (tertiary/aromatic N) is 5. The molecule has 2 aromatic carbocycles. The Morgan fingerprint density at radius 1 is 1.03 bits per heavy atom. The third-order valence-electron chi connectivity index (χ3n) is 6.25. The van der Waals surface area contributed by atoms with E-state index in [1.807, 2.05) is 30.8 Å². The molecule has 1 N–H and O–H groups in total. The maximum absolute atomic E-state index is 12.4. The molecular weight excluding hydrogens is 420 g/mol. The van der Waals surface area contributed by atoms with Crippen molar-refractivity contribution in [2.45, 2.75) is 26.8 Å². The average molecular weight is 445 g/mol. The highest BCUT2D eigenvalue weighted by Crippen LogP contribution is 2.34. The lowest BCUT2D eigenvalue weighted by Crippen LogP contribution is -2.19. The fraction of sp³-hybridized carbons (Fsp3) is 0.250. The van der Waals surface area contributed by atoms with Crippen LogP contribution in [0.1, 0.15) is 29.8 Å². The van der Waals surface area contributed by atoms with Gasteiger partial charge in [-0.1, -0.05) is 18.2 Å². The van der Waals surface area contributed by atoms with Crippen molar-refractivity contribution in [1.29, 1.82) is 0 Å². The molecular formula is C24H24N6OS. The van der Waals surface area contributed by atoms with Gasteiger partial charge in [-0.2, -0.15) is 5.10 Å². The Morgan fingerprint density at radius 3 is 2.44 bits per heavy atom. The van der Waals surface area contributed by atoms with Gasteiger partial charge < -0.3 is 5.32 Å². The van der Waals surface area contributed by atoms with Gasteiger partial charge in [0.25, 0.3) is 0 Å². The highest BCUT2D eigenvalue weighted by Gasteiger charge is 2.17. The fourth-order valence-corrected chi connectivity index (χ4v) is 5.11. The van der Waals surface area contributed by atoms with E-state index < -0.39 is 0 Å². The van der Waals surface area contributed by atoms with Gasteiger partial charge in [0.2, 0.25) is 0 Å². The number of anilines is 1. The minimum absolute atomic E-state index is 0.0124. The smallest absolute Gasteiger partial charge is 0.328 e. The number of hydrogen-bond donors (Lipinski definition) is 1. The van der Waals surface area contributed by atoms with Gasteiger partial charge in [0.1, 0.15) is 0 Å². The van der Waals surface area contributed by atoms with Crippen LogP contribution >= 0.6 is 11.3 Å². The van der Waals surface area contributed by atoms with Crippen molar-refractivity contribution in [1.82, 2.24) is 24.3 Å². The molecule has 1 atom stereocenters. The number of thiazole rings is 1. The number of aromatic nitrogens is 5. The van der Waals surface area contributed by atoms with E-state index >= 15 is 0 Å². The van der Waals surface area contributed by atoms with Crippen LogP contribution in [0.2, 0.25) is 0 Å². The minimum Gasteiger partial charge on any atom is -0.362 e. The van der Waals surface area contributed by atoms with E-state index in [-0.39, 0.29) is 11.7 Å². The van der Waals surface area contributed by atoms with Gasteiger partial charge in [-0.3, -0.25) is 14.1 Å². The molecule has 5 rings (SSSR count). The summed E-state index contributed by atoms with van der Waals surface area (Å²) in [5.41, 5.74) is 8.00. The minimum atomic E-state index is -0.0488. The predicted molar refractivity (Wildman–Crippen MR) is 130 cm³/mol. The highest BCUT2D eigenvalue weighted by molar-refractivity contribution is 7.13. The summed E-state index contributed by atoms with van der Waals surface area (Å²) in [5.74, 6) is 0.707. The summed E-state index contributed by atoms with van der Waals surface area (Å²) < 4.78 is 3.33. The molecule has 3 aromatic heterocycles.